The molecular weight excluding hydrogens is 288 g/mol. The van der Waals surface area contributed by atoms with Crippen molar-refractivity contribution >= 4 is 16.8 Å². The predicted octanol–water partition coefficient (Wildman–Crippen LogP) is 4.36. The van der Waals surface area contributed by atoms with E-state index in [1.807, 2.05) is 61.5 Å². The molecule has 112 valence electrons. The van der Waals surface area contributed by atoms with Crippen LogP contribution in [0.4, 0.5) is 0 Å². The van der Waals surface area contributed by atoms with Crippen LogP contribution in [0.2, 0.25) is 0 Å². The van der Waals surface area contributed by atoms with Gasteiger partial charge in [-0.1, -0.05) is 30.3 Å². The second kappa shape index (κ2) is 5.25. The number of hydrogen-bond donors (Lipinski definition) is 1. The monoisotopic (exact) mass is 302 g/mol. The molecule has 2 aromatic heterocycles. The van der Waals surface area contributed by atoms with E-state index in [0.717, 1.165) is 16.8 Å². The number of carbonyl (C=O) groups is 1. The molecule has 2 heterocycles. The number of aromatic nitrogens is 2. The number of aromatic amines is 1. The van der Waals surface area contributed by atoms with E-state index in [0.29, 0.717) is 22.7 Å². The highest BCUT2D eigenvalue weighted by Crippen LogP contribution is 2.23. The molecule has 0 spiro atoms. The highest BCUT2D eigenvalue weighted by atomic mass is 16.3. The largest absolute Gasteiger partial charge is 0.458 e. The summed E-state index contributed by atoms with van der Waals surface area (Å²) in [6.07, 6.45) is 0. The van der Waals surface area contributed by atoms with Gasteiger partial charge in [0.05, 0.1) is 11.0 Å². The van der Waals surface area contributed by atoms with E-state index < -0.39 is 0 Å². The summed E-state index contributed by atoms with van der Waals surface area (Å²) in [6.45, 7) is 1.89. The molecule has 0 aliphatic heterocycles. The minimum absolute atomic E-state index is 0.00232. The van der Waals surface area contributed by atoms with Gasteiger partial charge in [0.25, 0.3) is 0 Å². The van der Waals surface area contributed by atoms with Crippen molar-refractivity contribution in [1.82, 2.24) is 9.97 Å². The van der Waals surface area contributed by atoms with Crippen molar-refractivity contribution in [3.63, 3.8) is 0 Å². The minimum Gasteiger partial charge on any atom is -0.458 e. The quantitative estimate of drug-likeness (QED) is 0.572. The van der Waals surface area contributed by atoms with Crippen molar-refractivity contribution in [2.45, 2.75) is 6.92 Å². The summed E-state index contributed by atoms with van der Waals surface area (Å²) >= 11 is 0. The van der Waals surface area contributed by atoms with Crippen LogP contribution in [0.3, 0.4) is 0 Å². The summed E-state index contributed by atoms with van der Waals surface area (Å²) < 4.78 is 5.59. The first-order valence-electron chi connectivity index (χ1n) is 7.37. The van der Waals surface area contributed by atoms with Crippen LogP contribution in [-0.4, -0.2) is 15.8 Å². The number of rotatable bonds is 3. The average molecular weight is 302 g/mol. The highest BCUT2D eigenvalue weighted by molar-refractivity contribution is 6.10. The fourth-order valence-electron chi connectivity index (χ4n) is 2.59. The third-order valence-corrected chi connectivity index (χ3v) is 3.75. The van der Waals surface area contributed by atoms with Crippen molar-refractivity contribution in [2.75, 3.05) is 0 Å². The van der Waals surface area contributed by atoms with Crippen molar-refractivity contribution < 1.29 is 9.21 Å². The Balaban J connectivity index is 1.75. The number of carbonyl (C=O) groups excluding carboxylic acids is 1. The van der Waals surface area contributed by atoms with Crippen LogP contribution in [-0.2, 0) is 0 Å². The number of nitrogens with one attached hydrogen (secondary N) is 1. The van der Waals surface area contributed by atoms with Gasteiger partial charge < -0.3 is 9.40 Å². The Labute approximate surface area is 132 Å². The van der Waals surface area contributed by atoms with E-state index in [1.54, 1.807) is 6.07 Å². The molecule has 4 nitrogen and oxygen atoms in total. The molecule has 0 atom stereocenters. The van der Waals surface area contributed by atoms with E-state index in [-0.39, 0.29) is 5.78 Å². The smallest absolute Gasteiger partial charge is 0.193 e. The Morgan fingerprint density at radius 1 is 1.00 bits per heavy atom. The second-order valence-electron chi connectivity index (χ2n) is 5.42. The van der Waals surface area contributed by atoms with E-state index >= 15 is 0 Å². The lowest BCUT2D eigenvalue weighted by molar-refractivity contribution is 0.103. The highest BCUT2D eigenvalue weighted by Gasteiger charge is 2.12. The number of benzene rings is 2. The maximum Gasteiger partial charge on any atom is 0.193 e. The van der Waals surface area contributed by atoms with Gasteiger partial charge in [0.15, 0.2) is 17.4 Å². The molecular formula is C19H14N2O2. The number of imidazole rings is 1. The summed E-state index contributed by atoms with van der Waals surface area (Å²) in [5.74, 6) is 2.19. The normalized spacial score (nSPS) is 11.0. The summed E-state index contributed by atoms with van der Waals surface area (Å²) in [6, 6.07) is 18.5. The van der Waals surface area contributed by atoms with E-state index in [9.17, 15) is 4.79 Å². The van der Waals surface area contributed by atoms with E-state index in [1.165, 1.54) is 0 Å². The first kappa shape index (κ1) is 13.5. The molecule has 0 saturated heterocycles. The number of aryl methyl sites for hydroxylation is 1. The SMILES string of the molecule is Cc1ccc(-c2nc3ccc(C(=O)c4ccccc4)cc3[nH]2)o1. The molecule has 4 aromatic rings. The van der Waals surface area contributed by atoms with Gasteiger partial charge in [-0.3, -0.25) is 4.79 Å². The van der Waals surface area contributed by atoms with Gasteiger partial charge in [0.1, 0.15) is 5.76 Å². The predicted molar refractivity (Wildman–Crippen MR) is 88.4 cm³/mol. The van der Waals surface area contributed by atoms with Gasteiger partial charge in [-0.15, -0.1) is 0 Å². The average Bonchev–Trinajstić information content (AvgIpc) is 3.20. The number of fused-ring (bicyclic) bond motifs is 1. The fraction of sp³-hybridized carbons (Fsp3) is 0.0526. The lowest BCUT2D eigenvalue weighted by Crippen LogP contribution is -2.00. The summed E-state index contributed by atoms with van der Waals surface area (Å²) in [4.78, 5) is 20.2. The van der Waals surface area contributed by atoms with Crippen LogP contribution in [0, 0.1) is 6.92 Å². The van der Waals surface area contributed by atoms with Gasteiger partial charge in [-0.25, -0.2) is 4.98 Å². The first-order chi connectivity index (χ1) is 11.2. The zero-order valence-corrected chi connectivity index (χ0v) is 12.5. The van der Waals surface area contributed by atoms with E-state index in [4.69, 9.17) is 4.42 Å². The lowest BCUT2D eigenvalue weighted by atomic mass is 10.0. The van der Waals surface area contributed by atoms with Gasteiger partial charge >= 0.3 is 0 Å². The topological polar surface area (TPSA) is 58.9 Å². The molecule has 0 fully saturated rings. The Morgan fingerprint density at radius 2 is 1.83 bits per heavy atom. The lowest BCUT2D eigenvalue weighted by Gasteiger charge is -2.00. The molecule has 0 unspecified atom stereocenters. The number of H-pyrrole nitrogens is 1. The van der Waals surface area contributed by atoms with Gasteiger partial charge in [0.2, 0.25) is 0 Å². The van der Waals surface area contributed by atoms with Crippen LogP contribution in [0.1, 0.15) is 21.7 Å². The molecule has 0 aliphatic carbocycles. The number of nitrogens with zero attached hydrogens (tertiary/aromatic N) is 1. The van der Waals surface area contributed by atoms with Crippen LogP contribution < -0.4 is 0 Å². The van der Waals surface area contributed by atoms with Crippen LogP contribution in [0.5, 0.6) is 0 Å². The standard InChI is InChI=1S/C19H14N2O2/c1-12-7-10-17(23-12)19-20-15-9-8-14(11-16(15)21-19)18(22)13-5-3-2-4-6-13/h2-11H,1H3,(H,20,21). The Kier molecular flexibility index (Phi) is 3.08. The van der Waals surface area contributed by atoms with Gasteiger partial charge in [-0.2, -0.15) is 0 Å². The number of ketones is 1. The van der Waals surface area contributed by atoms with Crippen LogP contribution in [0.15, 0.2) is 65.1 Å². The zero-order valence-electron chi connectivity index (χ0n) is 12.5. The minimum atomic E-state index is -0.00232. The molecule has 1 N–H and O–H groups in total. The molecule has 0 aliphatic rings. The van der Waals surface area contributed by atoms with Crippen LogP contribution in [0.25, 0.3) is 22.6 Å². The maximum atomic E-state index is 12.5. The number of furan rings is 1. The molecule has 0 saturated carbocycles. The van der Waals surface area contributed by atoms with Gasteiger partial charge in [0, 0.05) is 11.1 Å². The van der Waals surface area contributed by atoms with Crippen molar-refractivity contribution in [3.05, 3.63) is 77.6 Å². The summed E-state index contributed by atoms with van der Waals surface area (Å²) in [7, 11) is 0. The Bertz CT molecular complexity index is 997. The van der Waals surface area contributed by atoms with Crippen molar-refractivity contribution in [2.24, 2.45) is 0 Å². The van der Waals surface area contributed by atoms with Crippen LogP contribution >= 0.6 is 0 Å². The molecule has 2 aromatic carbocycles. The molecule has 0 radical (unpaired) electrons. The third kappa shape index (κ3) is 2.44. The summed E-state index contributed by atoms with van der Waals surface area (Å²) in [5, 5.41) is 0. The van der Waals surface area contributed by atoms with Gasteiger partial charge in [-0.05, 0) is 37.3 Å². The third-order valence-electron chi connectivity index (χ3n) is 3.75. The van der Waals surface area contributed by atoms with E-state index in [2.05, 4.69) is 9.97 Å². The molecule has 23 heavy (non-hydrogen) atoms. The fourth-order valence-corrected chi connectivity index (χ4v) is 2.59. The second-order valence-corrected chi connectivity index (χ2v) is 5.42. The first-order valence-corrected chi connectivity index (χ1v) is 7.37. The molecule has 0 amide bonds. The summed E-state index contributed by atoms with van der Waals surface area (Å²) in [5.41, 5.74) is 2.93. The molecule has 4 rings (SSSR count). The van der Waals surface area contributed by atoms with Crippen molar-refractivity contribution in [3.8, 4) is 11.6 Å². The maximum absolute atomic E-state index is 12.5. The molecule has 0 bridgehead atoms. The number of hydrogen-bond acceptors (Lipinski definition) is 3. The Morgan fingerprint density at radius 3 is 2.57 bits per heavy atom. The van der Waals surface area contributed by atoms with Crippen molar-refractivity contribution in [1.29, 1.82) is 0 Å². The zero-order chi connectivity index (χ0) is 15.8. The molecule has 4 heteroatoms. The Hall–Kier alpha value is -3.14.